The van der Waals surface area contributed by atoms with Crippen molar-refractivity contribution in [1.29, 1.82) is 0 Å². The summed E-state index contributed by atoms with van der Waals surface area (Å²) in [7, 11) is -3.79. The predicted molar refractivity (Wildman–Crippen MR) is 122 cm³/mol. The van der Waals surface area contributed by atoms with E-state index >= 15 is 0 Å². The third-order valence-corrected chi connectivity index (χ3v) is 7.63. The van der Waals surface area contributed by atoms with Crippen LogP contribution in [0.5, 0.6) is 0 Å². The van der Waals surface area contributed by atoms with Crippen LogP contribution in [-0.4, -0.2) is 41.0 Å². The van der Waals surface area contributed by atoms with Crippen LogP contribution in [0.15, 0.2) is 64.6 Å². The fourth-order valence-electron chi connectivity index (χ4n) is 2.98. The maximum atomic E-state index is 12.8. The Morgan fingerprint density at radius 2 is 1.52 bits per heavy atom. The maximum absolute atomic E-state index is 12.8. The zero-order valence-corrected chi connectivity index (χ0v) is 19.3. The molecule has 2 aromatic carbocycles. The lowest BCUT2D eigenvalue weighted by Crippen LogP contribution is -2.26. The minimum Gasteiger partial charge on any atom is -0.481 e. The highest BCUT2D eigenvalue weighted by atomic mass is 35.5. The number of hydrogen-bond donors (Lipinski definition) is 1. The normalized spacial score (nSPS) is 12.5. The summed E-state index contributed by atoms with van der Waals surface area (Å²) >= 11 is 7.05. The Morgan fingerprint density at radius 3 is 2.03 bits per heavy atom. The highest BCUT2D eigenvalue weighted by Gasteiger charge is 2.27. The molecular weight excluding hydrogens is 456 g/mol. The van der Waals surface area contributed by atoms with Gasteiger partial charge in [-0.25, -0.2) is 18.4 Å². The second-order valence-electron chi connectivity index (χ2n) is 7.09. The van der Waals surface area contributed by atoms with E-state index in [9.17, 15) is 18.3 Å². The summed E-state index contributed by atoms with van der Waals surface area (Å²) in [5.74, 6) is -2.70. The fraction of sp³-hybridized carbons (Fsp3) is 0.227. The fourth-order valence-corrected chi connectivity index (χ4v) is 5.82. The van der Waals surface area contributed by atoms with Gasteiger partial charge in [0.2, 0.25) is 0 Å². The Bertz CT molecular complexity index is 1160. The Hall–Kier alpha value is -2.42. The maximum Gasteiger partial charge on any atom is 0.308 e. The van der Waals surface area contributed by atoms with Crippen LogP contribution in [-0.2, 0) is 14.6 Å². The lowest BCUT2D eigenvalue weighted by molar-refractivity contribution is -0.140. The molecule has 3 aromatic rings. The molecule has 0 amide bonds. The van der Waals surface area contributed by atoms with Gasteiger partial charge in [-0.15, -0.1) is 0 Å². The molecule has 0 aliphatic rings. The lowest BCUT2D eigenvalue weighted by atomic mass is 10.1. The average molecular weight is 477 g/mol. The first-order chi connectivity index (χ1) is 14.6. The van der Waals surface area contributed by atoms with E-state index < -0.39 is 27.5 Å². The van der Waals surface area contributed by atoms with Crippen molar-refractivity contribution in [3.05, 3.63) is 71.0 Å². The quantitative estimate of drug-likeness (QED) is 0.372. The smallest absolute Gasteiger partial charge is 0.308 e. The number of carbonyl (C=O) groups is 1. The van der Waals surface area contributed by atoms with E-state index in [4.69, 9.17) is 11.6 Å². The van der Waals surface area contributed by atoms with E-state index in [-0.39, 0.29) is 10.6 Å². The molecule has 162 valence electrons. The van der Waals surface area contributed by atoms with Gasteiger partial charge in [0, 0.05) is 22.2 Å². The summed E-state index contributed by atoms with van der Waals surface area (Å²) in [6, 6.07) is 15.4. The third-order valence-electron chi connectivity index (χ3n) is 4.54. The highest BCUT2D eigenvalue weighted by molar-refractivity contribution is 7.99. The molecule has 9 heteroatoms. The number of aromatic nitrogens is 2. The molecule has 0 saturated carbocycles. The number of aliphatic carboxylic acids is 1. The van der Waals surface area contributed by atoms with Crippen molar-refractivity contribution in [3.63, 3.8) is 0 Å². The Balaban J connectivity index is 1.73. The summed E-state index contributed by atoms with van der Waals surface area (Å²) < 4.78 is 25.7. The van der Waals surface area contributed by atoms with Crippen LogP contribution in [0.1, 0.15) is 11.4 Å². The van der Waals surface area contributed by atoms with Crippen molar-refractivity contribution in [3.8, 4) is 11.1 Å². The zero-order valence-electron chi connectivity index (χ0n) is 16.9. The van der Waals surface area contributed by atoms with Gasteiger partial charge < -0.3 is 5.11 Å². The van der Waals surface area contributed by atoms with Crippen LogP contribution in [0.4, 0.5) is 0 Å². The number of hydrogen-bond acceptors (Lipinski definition) is 6. The van der Waals surface area contributed by atoms with Gasteiger partial charge in [-0.3, -0.25) is 4.79 Å². The van der Waals surface area contributed by atoms with Gasteiger partial charge in [-0.05, 0) is 55.3 Å². The molecule has 3 rings (SSSR count). The summed E-state index contributed by atoms with van der Waals surface area (Å²) in [5.41, 5.74) is 3.29. The summed E-state index contributed by atoms with van der Waals surface area (Å²) in [6.45, 7) is 3.65. The van der Waals surface area contributed by atoms with E-state index in [1.54, 1.807) is 24.3 Å². The van der Waals surface area contributed by atoms with Gasteiger partial charge in [-0.1, -0.05) is 47.6 Å². The van der Waals surface area contributed by atoms with Crippen LogP contribution in [0.3, 0.4) is 0 Å². The van der Waals surface area contributed by atoms with Gasteiger partial charge in [0.1, 0.15) is 0 Å². The van der Waals surface area contributed by atoms with Crippen molar-refractivity contribution in [2.45, 2.75) is 23.9 Å². The predicted octanol–water partition coefficient (Wildman–Crippen LogP) is 4.68. The Labute approximate surface area is 190 Å². The Morgan fingerprint density at radius 1 is 1.00 bits per heavy atom. The molecule has 0 bridgehead atoms. The molecule has 0 spiro atoms. The molecular formula is C22H21ClN2O4S2. The van der Waals surface area contributed by atoms with Gasteiger partial charge in [-0.2, -0.15) is 0 Å². The number of rotatable bonds is 8. The van der Waals surface area contributed by atoms with E-state index in [0.717, 1.165) is 34.3 Å². The number of thioether (sulfide) groups is 1. The molecule has 1 heterocycles. The number of carboxylic acid groups (broad SMARTS) is 1. The van der Waals surface area contributed by atoms with E-state index in [0.29, 0.717) is 10.2 Å². The number of benzene rings is 2. The molecule has 31 heavy (non-hydrogen) atoms. The molecule has 1 atom stereocenters. The first kappa shape index (κ1) is 23.2. The van der Waals surface area contributed by atoms with Crippen molar-refractivity contribution >= 4 is 39.2 Å². The second-order valence-corrected chi connectivity index (χ2v) is 10.5. The number of nitrogens with zero attached hydrogens (tertiary/aromatic N) is 2. The first-order valence-electron chi connectivity index (χ1n) is 9.41. The first-order valence-corrected chi connectivity index (χ1v) is 12.4. The van der Waals surface area contributed by atoms with Crippen molar-refractivity contribution in [2.24, 2.45) is 5.92 Å². The minimum absolute atomic E-state index is 0.0559. The van der Waals surface area contributed by atoms with E-state index in [2.05, 4.69) is 9.97 Å². The number of halogens is 1. The topological polar surface area (TPSA) is 97.2 Å². The number of aryl methyl sites for hydroxylation is 2. The van der Waals surface area contributed by atoms with Crippen molar-refractivity contribution < 1.29 is 18.3 Å². The summed E-state index contributed by atoms with van der Waals surface area (Å²) in [6.07, 6.45) is 0. The summed E-state index contributed by atoms with van der Waals surface area (Å²) in [5, 5.41) is 10.6. The molecule has 1 unspecified atom stereocenters. The monoisotopic (exact) mass is 476 g/mol. The standard InChI is InChI=1S/C22H21ClN2O4S2/c1-14-11-15(2)25-22(24-14)30-12-18(21(26)27)13-31(28,29)20-9-5-17(6-10-20)16-3-7-19(23)8-4-16/h3-11,18H,12-13H2,1-2H3,(H,26,27). The number of sulfone groups is 1. The molecule has 6 nitrogen and oxygen atoms in total. The molecule has 1 N–H and O–H groups in total. The number of carboxylic acids is 1. The molecule has 0 aliphatic heterocycles. The minimum atomic E-state index is -3.79. The van der Waals surface area contributed by atoms with E-state index in [1.807, 2.05) is 32.0 Å². The van der Waals surface area contributed by atoms with Gasteiger partial charge in [0.25, 0.3) is 0 Å². The summed E-state index contributed by atoms with van der Waals surface area (Å²) in [4.78, 5) is 20.3. The molecule has 0 radical (unpaired) electrons. The van der Waals surface area contributed by atoms with E-state index in [1.165, 1.54) is 12.1 Å². The highest BCUT2D eigenvalue weighted by Crippen LogP contribution is 2.25. The molecule has 0 saturated heterocycles. The van der Waals surface area contributed by atoms with Crippen molar-refractivity contribution in [2.75, 3.05) is 11.5 Å². The van der Waals surface area contributed by atoms with Gasteiger partial charge in [0.05, 0.1) is 16.6 Å². The largest absolute Gasteiger partial charge is 0.481 e. The van der Waals surface area contributed by atoms with Crippen LogP contribution in [0.25, 0.3) is 11.1 Å². The lowest BCUT2D eigenvalue weighted by Gasteiger charge is -2.13. The SMILES string of the molecule is Cc1cc(C)nc(SCC(CS(=O)(=O)c2ccc(-c3ccc(Cl)cc3)cc2)C(=O)O)n1. The Kier molecular flexibility index (Phi) is 7.35. The average Bonchev–Trinajstić information content (AvgIpc) is 2.71. The van der Waals surface area contributed by atoms with Crippen LogP contribution < -0.4 is 0 Å². The third kappa shape index (κ3) is 6.29. The van der Waals surface area contributed by atoms with Crippen LogP contribution >= 0.6 is 23.4 Å². The second kappa shape index (κ2) is 9.80. The zero-order chi connectivity index (χ0) is 22.6. The molecule has 0 fully saturated rings. The molecule has 0 aliphatic carbocycles. The van der Waals surface area contributed by atoms with Gasteiger partial charge >= 0.3 is 5.97 Å². The van der Waals surface area contributed by atoms with Crippen LogP contribution in [0.2, 0.25) is 5.02 Å². The molecule has 1 aromatic heterocycles. The van der Waals surface area contributed by atoms with Crippen molar-refractivity contribution in [1.82, 2.24) is 9.97 Å². The van der Waals surface area contributed by atoms with Crippen LogP contribution in [0, 0.1) is 19.8 Å². The van der Waals surface area contributed by atoms with Gasteiger partial charge in [0.15, 0.2) is 15.0 Å².